The van der Waals surface area contributed by atoms with Gasteiger partial charge in [0, 0.05) is 21.2 Å². The molecule has 2 aromatic carbocycles. The van der Waals surface area contributed by atoms with Gasteiger partial charge in [-0.05, 0) is 44.2 Å². The number of ether oxygens (including phenoxy) is 1. The molecule has 3 rings (SSSR count). The highest BCUT2D eigenvalue weighted by Gasteiger charge is 2.17. The number of nitrogens with zero attached hydrogens (tertiary/aromatic N) is 1. The van der Waals surface area contributed by atoms with Crippen LogP contribution in [0.4, 0.5) is 5.69 Å². The molecule has 0 aliphatic carbocycles. The quantitative estimate of drug-likeness (QED) is 0.357. The average Bonchev–Trinajstić information content (AvgIpc) is 3.04. The van der Waals surface area contributed by atoms with Gasteiger partial charge in [-0.2, -0.15) is 0 Å². The van der Waals surface area contributed by atoms with E-state index in [0.717, 1.165) is 21.9 Å². The summed E-state index contributed by atoms with van der Waals surface area (Å²) in [5.74, 6) is 0.251. The number of amides is 1. The molecule has 0 saturated heterocycles. The standard InChI is InChI=1S/C21H18Cl2N2O4S/c1-12-16(13(2)29-25-12)11-30-19-6-4-3-5-15(19)21(27)28-10-20(26)24-18-8-7-14(22)9-17(18)23/h3-9H,10-11H2,1-2H3,(H,24,26). The molecule has 1 aromatic heterocycles. The van der Waals surface area contributed by atoms with Gasteiger partial charge in [0.25, 0.3) is 5.91 Å². The maximum atomic E-state index is 12.5. The third-order valence-electron chi connectivity index (χ3n) is 4.20. The highest BCUT2D eigenvalue weighted by molar-refractivity contribution is 7.98. The Kier molecular flexibility index (Phi) is 7.42. The largest absolute Gasteiger partial charge is 0.452 e. The lowest BCUT2D eigenvalue weighted by Crippen LogP contribution is -2.21. The van der Waals surface area contributed by atoms with Gasteiger partial charge in [-0.1, -0.05) is 40.5 Å². The zero-order chi connectivity index (χ0) is 21.7. The Bertz CT molecular complexity index is 1070. The first-order chi connectivity index (χ1) is 14.3. The van der Waals surface area contributed by atoms with Crippen LogP contribution < -0.4 is 5.32 Å². The Morgan fingerprint density at radius 3 is 2.63 bits per heavy atom. The zero-order valence-corrected chi connectivity index (χ0v) is 18.5. The summed E-state index contributed by atoms with van der Waals surface area (Å²) in [5, 5.41) is 7.27. The molecule has 0 fully saturated rings. The molecule has 0 radical (unpaired) electrons. The first-order valence-corrected chi connectivity index (χ1v) is 10.6. The fraction of sp³-hybridized carbons (Fsp3) is 0.190. The molecule has 0 aliphatic heterocycles. The van der Waals surface area contributed by atoms with Crippen LogP contribution in [0.25, 0.3) is 0 Å². The molecule has 1 N–H and O–H groups in total. The van der Waals surface area contributed by atoms with Crippen molar-refractivity contribution in [3.05, 3.63) is 75.1 Å². The smallest absolute Gasteiger partial charge is 0.339 e. The second-order valence-corrected chi connectivity index (χ2v) is 8.20. The van der Waals surface area contributed by atoms with Crippen molar-refractivity contribution >= 4 is 52.5 Å². The predicted molar refractivity (Wildman–Crippen MR) is 117 cm³/mol. The van der Waals surface area contributed by atoms with Crippen LogP contribution in [0.5, 0.6) is 0 Å². The van der Waals surface area contributed by atoms with Crippen LogP contribution in [0.1, 0.15) is 27.4 Å². The summed E-state index contributed by atoms with van der Waals surface area (Å²) in [7, 11) is 0. The number of aromatic nitrogens is 1. The highest BCUT2D eigenvalue weighted by atomic mass is 35.5. The van der Waals surface area contributed by atoms with Crippen molar-refractivity contribution in [3.8, 4) is 0 Å². The van der Waals surface area contributed by atoms with Crippen molar-refractivity contribution < 1.29 is 18.8 Å². The molecule has 0 spiro atoms. The van der Waals surface area contributed by atoms with Gasteiger partial charge >= 0.3 is 5.97 Å². The van der Waals surface area contributed by atoms with Gasteiger partial charge in [-0.15, -0.1) is 11.8 Å². The molecule has 156 valence electrons. The van der Waals surface area contributed by atoms with E-state index >= 15 is 0 Å². The minimum atomic E-state index is -0.589. The fourth-order valence-corrected chi connectivity index (χ4v) is 4.25. The lowest BCUT2D eigenvalue weighted by atomic mass is 10.2. The summed E-state index contributed by atoms with van der Waals surface area (Å²) in [6.45, 7) is 3.28. The van der Waals surface area contributed by atoms with Gasteiger partial charge in [0.05, 0.1) is 22.0 Å². The third kappa shape index (κ3) is 5.56. The molecule has 0 saturated carbocycles. The summed E-state index contributed by atoms with van der Waals surface area (Å²) in [4.78, 5) is 25.4. The van der Waals surface area contributed by atoms with E-state index in [1.807, 2.05) is 26.0 Å². The van der Waals surface area contributed by atoms with E-state index in [1.165, 1.54) is 17.8 Å². The van der Waals surface area contributed by atoms with Crippen molar-refractivity contribution in [1.82, 2.24) is 5.16 Å². The second kappa shape index (κ2) is 10.0. The van der Waals surface area contributed by atoms with Crippen molar-refractivity contribution in [3.63, 3.8) is 0 Å². The van der Waals surface area contributed by atoms with Crippen LogP contribution >= 0.6 is 35.0 Å². The minimum Gasteiger partial charge on any atom is -0.452 e. The van der Waals surface area contributed by atoms with Gasteiger partial charge in [0.15, 0.2) is 6.61 Å². The van der Waals surface area contributed by atoms with E-state index in [0.29, 0.717) is 27.0 Å². The maximum Gasteiger partial charge on any atom is 0.339 e. The van der Waals surface area contributed by atoms with Gasteiger partial charge < -0.3 is 14.6 Å². The number of benzene rings is 2. The van der Waals surface area contributed by atoms with Gasteiger partial charge in [-0.25, -0.2) is 4.79 Å². The van der Waals surface area contributed by atoms with E-state index in [-0.39, 0.29) is 0 Å². The first-order valence-electron chi connectivity index (χ1n) is 8.90. The lowest BCUT2D eigenvalue weighted by molar-refractivity contribution is -0.119. The number of nitrogens with one attached hydrogen (secondary N) is 1. The molecule has 3 aromatic rings. The van der Waals surface area contributed by atoms with Crippen LogP contribution in [-0.4, -0.2) is 23.6 Å². The summed E-state index contributed by atoms with van der Waals surface area (Å²) in [5.41, 5.74) is 2.57. The summed E-state index contributed by atoms with van der Waals surface area (Å²) in [6, 6.07) is 11.7. The normalized spacial score (nSPS) is 10.7. The van der Waals surface area contributed by atoms with Crippen molar-refractivity contribution in [2.24, 2.45) is 0 Å². The average molecular weight is 465 g/mol. The van der Waals surface area contributed by atoms with Crippen molar-refractivity contribution in [1.29, 1.82) is 0 Å². The van der Waals surface area contributed by atoms with E-state index < -0.39 is 18.5 Å². The Morgan fingerprint density at radius 1 is 1.17 bits per heavy atom. The first kappa shape index (κ1) is 22.2. The Morgan fingerprint density at radius 2 is 1.93 bits per heavy atom. The van der Waals surface area contributed by atoms with Crippen LogP contribution in [-0.2, 0) is 15.3 Å². The predicted octanol–water partition coefficient (Wildman–Crippen LogP) is 5.69. The molecule has 30 heavy (non-hydrogen) atoms. The molecular formula is C21H18Cl2N2O4S. The molecule has 0 atom stereocenters. The molecule has 0 unspecified atom stereocenters. The highest BCUT2D eigenvalue weighted by Crippen LogP contribution is 2.29. The number of thioether (sulfide) groups is 1. The second-order valence-electron chi connectivity index (χ2n) is 6.34. The van der Waals surface area contributed by atoms with Gasteiger partial charge in [-0.3, -0.25) is 4.79 Å². The zero-order valence-electron chi connectivity index (χ0n) is 16.2. The number of halogens is 2. The van der Waals surface area contributed by atoms with E-state index in [9.17, 15) is 9.59 Å². The SMILES string of the molecule is Cc1noc(C)c1CSc1ccccc1C(=O)OCC(=O)Nc1ccc(Cl)cc1Cl. The number of rotatable bonds is 7. The Labute approximate surface area is 187 Å². The number of hydrogen-bond donors (Lipinski definition) is 1. The van der Waals surface area contributed by atoms with Gasteiger partial charge in [0.2, 0.25) is 0 Å². The molecule has 9 heteroatoms. The van der Waals surface area contributed by atoms with Crippen molar-refractivity contribution in [2.45, 2.75) is 24.5 Å². The number of hydrogen-bond acceptors (Lipinski definition) is 6. The molecule has 1 heterocycles. The molecule has 1 amide bonds. The van der Waals surface area contributed by atoms with E-state index in [4.69, 9.17) is 32.5 Å². The number of aryl methyl sites for hydroxylation is 2. The van der Waals surface area contributed by atoms with Gasteiger partial charge in [0.1, 0.15) is 5.76 Å². The number of esters is 1. The molecule has 6 nitrogen and oxygen atoms in total. The van der Waals surface area contributed by atoms with Crippen molar-refractivity contribution in [2.75, 3.05) is 11.9 Å². The number of carbonyl (C=O) groups is 2. The number of carbonyl (C=O) groups excluding carboxylic acids is 2. The Hall–Kier alpha value is -2.48. The van der Waals surface area contributed by atoms with Crippen LogP contribution in [0.2, 0.25) is 10.0 Å². The molecule has 0 aliphatic rings. The lowest BCUT2D eigenvalue weighted by Gasteiger charge is -2.10. The number of anilines is 1. The van der Waals surface area contributed by atoms with E-state index in [1.54, 1.807) is 24.3 Å². The summed E-state index contributed by atoms with van der Waals surface area (Å²) >= 11 is 13.3. The topological polar surface area (TPSA) is 81.4 Å². The fourth-order valence-electron chi connectivity index (χ4n) is 2.60. The molecular weight excluding hydrogens is 447 g/mol. The third-order valence-corrected chi connectivity index (χ3v) is 5.85. The van der Waals surface area contributed by atoms with Crippen LogP contribution in [0, 0.1) is 13.8 Å². The molecule has 0 bridgehead atoms. The summed E-state index contributed by atoms with van der Waals surface area (Å²) < 4.78 is 10.4. The van der Waals surface area contributed by atoms with Crippen LogP contribution in [0.3, 0.4) is 0 Å². The summed E-state index contributed by atoms with van der Waals surface area (Å²) in [6.07, 6.45) is 0. The minimum absolute atomic E-state index is 0.295. The van der Waals surface area contributed by atoms with Crippen LogP contribution in [0.15, 0.2) is 51.9 Å². The Balaban J connectivity index is 1.61. The monoisotopic (exact) mass is 464 g/mol. The van der Waals surface area contributed by atoms with E-state index in [2.05, 4.69) is 10.5 Å². The maximum absolute atomic E-state index is 12.5.